The third kappa shape index (κ3) is 5.31. The lowest BCUT2D eigenvalue weighted by Crippen LogP contribution is -2.49. The van der Waals surface area contributed by atoms with Crippen molar-refractivity contribution in [2.75, 3.05) is 38.2 Å². The highest BCUT2D eigenvalue weighted by molar-refractivity contribution is 6.05. The predicted molar refractivity (Wildman–Crippen MR) is 123 cm³/mol. The van der Waals surface area contributed by atoms with Crippen molar-refractivity contribution in [3.63, 3.8) is 0 Å². The van der Waals surface area contributed by atoms with Crippen LogP contribution in [0.25, 0.3) is 0 Å². The number of piperazine rings is 1. The van der Waals surface area contributed by atoms with Gasteiger partial charge in [-0.25, -0.2) is 9.18 Å². The second kappa shape index (κ2) is 10.2. The summed E-state index contributed by atoms with van der Waals surface area (Å²) < 4.78 is 23.8. The summed E-state index contributed by atoms with van der Waals surface area (Å²) in [5, 5.41) is 0. The zero-order valence-corrected chi connectivity index (χ0v) is 18.4. The molecule has 0 atom stereocenters. The molecule has 1 heterocycles. The van der Waals surface area contributed by atoms with Crippen molar-refractivity contribution in [1.82, 2.24) is 4.90 Å². The Balaban J connectivity index is 1.40. The predicted octanol–water partition coefficient (Wildman–Crippen LogP) is 4.15. The molecule has 0 radical (unpaired) electrons. The zero-order valence-electron chi connectivity index (χ0n) is 18.4. The third-order valence-electron chi connectivity index (χ3n) is 5.64. The normalized spacial score (nSPS) is 13.5. The molecule has 6 nitrogen and oxygen atoms in total. The summed E-state index contributed by atoms with van der Waals surface area (Å²) in [4.78, 5) is 29.8. The third-order valence-corrected chi connectivity index (χ3v) is 5.64. The van der Waals surface area contributed by atoms with Crippen LogP contribution in [0.5, 0.6) is 5.75 Å². The number of methoxy groups -OCH3 is 1. The molecular weight excluding hydrogens is 423 g/mol. The van der Waals surface area contributed by atoms with Gasteiger partial charge in [-0.15, -0.1) is 0 Å². The van der Waals surface area contributed by atoms with E-state index in [1.54, 1.807) is 54.5 Å². The van der Waals surface area contributed by atoms with E-state index in [0.29, 0.717) is 37.5 Å². The van der Waals surface area contributed by atoms with Gasteiger partial charge < -0.3 is 19.3 Å². The number of carbonyl (C=O) groups is 2. The SMILES string of the molecule is COc1cccc(COC(=O)c2ccccc2C(=O)N2CCN(c3ccc(F)cc3)CC2)c1. The fourth-order valence-corrected chi connectivity index (χ4v) is 3.83. The van der Waals surface area contributed by atoms with E-state index in [1.807, 2.05) is 18.2 Å². The summed E-state index contributed by atoms with van der Waals surface area (Å²) in [7, 11) is 1.58. The molecule has 0 spiro atoms. The lowest BCUT2D eigenvalue weighted by atomic mass is 10.1. The summed E-state index contributed by atoms with van der Waals surface area (Å²) in [6.45, 7) is 2.33. The summed E-state index contributed by atoms with van der Waals surface area (Å²) in [5.41, 5.74) is 2.28. The van der Waals surface area contributed by atoms with Gasteiger partial charge in [0.05, 0.1) is 18.2 Å². The van der Waals surface area contributed by atoms with Gasteiger partial charge in [0.15, 0.2) is 0 Å². The summed E-state index contributed by atoms with van der Waals surface area (Å²) >= 11 is 0. The fraction of sp³-hybridized carbons (Fsp3) is 0.231. The number of ether oxygens (including phenoxy) is 2. The van der Waals surface area contributed by atoms with Gasteiger partial charge in [-0.2, -0.15) is 0 Å². The molecule has 3 aromatic rings. The molecule has 0 saturated carbocycles. The molecular formula is C26H25FN2O4. The van der Waals surface area contributed by atoms with Gasteiger partial charge in [-0.1, -0.05) is 24.3 Å². The van der Waals surface area contributed by atoms with E-state index in [1.165, 1.54) is 12.1 Å². The van der Waals surface area contributed by atoms with E-state index in [4.69, 9.17) is 9.47 Å². The molecule has 1 aliphatic rings. The highest BCUT2D eigenvalue weighted by Gasteiger charge is 2.26. The van der Waals surface area contributed by atoms with Gasteiger partial charge in [-0.05, 0) is 54.1 Å². The molecule has 0 bridgehead atoms. The lowest BCUT2D eigenvalue weighted by Gasteiger charge is -2.36. The van der Waals surface area contributed by atoms with Gasteiger partial charge in [0.25, 0.3) is 5.91 Å². The molecule has 1 saturated heterocycles. The van der Waals surface area contributed by atoms with Gasteiger partial charge in [-0.3, -0.25) is 4.79 Å². The van der Waals surface area contributed by atoms with Crippen molar-refractivity contribution < 1.29 is 23.5 Å². The van der Waals surface area contributed by atoms with E-state index in [-0.39, 0.29) is 23.9 Å². The standard InChI is InChI=1S/C26H25FN2O4/c1-32-22-6-4-5-19(17-22)18-33-26(31)24-8-3-2-7-23(24)25(30)29-15-13-28(14-16-29)21-11-9-20(27)10-12-21/h2-12,17H,13-16,18H2,1H3. The first kappa shape index (κ1) is 22.3. The highest BCUT2D eigenvalue weighted by Crippen LogP contribution is 2.20. The Morgan fingerprint density at radius 2 is 1.58 bits per heavy atom. The van der Waals surface area contributed by atoms with Crippen LogP contribution >= 0.6 is 0 Å². The highest BCUT2D eigenvalue weighted by atomic mass is 19.1. The summed E-state index contributed by atoms with van der Waals surface area (Å²) in [5.74, 6) is -0.351. The van der Waals surface area contributed by atoms with Crippen LogP contribution in [0.4, 0.5) is 10.1 Å². The molecule has 7 heteroatoms. The van der Waals surface area contributed by atoms with Crippen LogP contribution in [0.1, 0.15) is 26.3 Å². The number of hydrogen-bond donors (Lipinski definition) is 0. The number of anilines is 1. The first-order valence-corrected chi connectivity index (χ1v) is 10.7. The van der Waals surface area contributed by atoms with Crippen LogP contribution in [0.3, 0.4) is 0 Å². The van der Waals surface area contributed by atoms with Crippen molar-refractivity contribution in [2.45, 2.75) is 6.61 Å². The molecule has 0 unspecified atom stereocenters. The quantitative estimate of drug-likeness (QED) is 0.530. The lowest BCUT2D eigenvalue weighted by molar-refractivity contribution is 0.0466. The number of nitrogens with zero attached hydrogens (tertiary/aromatic N) is 2. The molecule has 1 amide bonds. The minimum atomic E-state index is -0.549. The maximum Gasteiger partial charge on any atom is 0.339 e. The number of carbonyl (C=O) groups excluding carboxylic acids is 2. The molecule has 170 valence electrons. The maximum absolute atomic E-state index is 13.2. The smallest absolute Gasteiger partial charge is 0.339 e. The number of benzene rings is 3. The van der Waals surface area contributed by atoms with Crippen LogP contribution < -0.4 is 9.64 Å². The Labute approximate surface area is 192 Å². The summed E-state index contributed by atoms with van der Waals surface area (Å²) in [6, 6.07) is 20.3. The minimum Gasteiger partial charge on any atom is -0.497 e. The molecule has 0 aromatic heterocycles. The number of amides is 1. The average Bonchev–Trinajstić information content (AvgIpc) is 2.87. The van der Waals surface area contributed by atoms with Crippen LogP contribution in [0.15, 0.2) is 72.8 Å². The number of halogens is 1. The average molecular weight is 448 g/mol. The second-order valence-corrected chi connectivity index (χ2v) is 7.73. The van der Waals surface area contributed by atoms with Gasteiger partial charge in [0.2, 0.25) is 0 Å². The number of rotatable bonds is 6. The van der Waals surface area contributed by atoms with Crippen molar-refractivity contribution in [3.8, 4) is 5.75 Å². The monoisotopic (exact) mass is 448 g/mol. The van der Waals surface area contributed by atoms with E-state index in [9.17, 15) is 14.0 Å². The molecule has 1 aliphatic heterocycles. The van der Waals surface area contributed by atoms with Crippen LogP contribution in [-0.2, 0) is 11.3 Å². The van der Waals surface area contributed by atoms with E-state index in [0.717, 1.165) is 11.3 Å². The number of hydrogen-bond acceptors (Lipinski definition) is 5. The maximum atomic E-state index is 13.2. The van der Waals surface area contributed by atoms with E-state index >= 15 is 0 Å². The van der Waals surface area contributed by atoms with Crippen molar-refractivity contribution in [1.29, 1.82) is 0 Å². The van der Waals surface area contributed by atoms with E-state index < -0.39 is 5.97 Å². The van der Waals surface area contributed by atoms with Crippen LogP contribution in [0.2, 0.25) is 0 Å². The molecule has 4 rings (SSSR count). The van der Waals surface area contributed by atoms with Gasteiger partial charge >= 0.3 is 5.97 Å². The molecule has 3 aromatic carbocycles. The Hall–Kier alpha value is -3.87. The molecule has 0 N–H and O–H groups in total. The fourth-order valence-electron chi connectivity index (χ4n) is 3.83. The second-order valence-electron chi connectivity index (χ2n) is 7.73. The van der Waals surface area contributed by atoms with Crippen molar-refractivity contribution in [3.05, 3.63) is 95.3 Å². The largest absolute Gasteiger partial charge is 0.497 e. The zero-order chi connectivity index (χ0) is 23.2. The van der Waals surface area contributed by atoms with E-state index in [2.05, 4.69) is 4.90 Å². The Bertz CT molecular complexity index is 1130. The minimum absolute atomic E-state index is 0.0783. The molecule has 0 aliphatic carbocycles. The van der Waals surface area contributed by atoms with Gasteiger partial charge in [0, 0.05) is 31.9 Å². The summed E-state index contributed by atoms with van der Waals surface area (Å²) in [6.07, 6.45) is 0. The van der Waals surface area contributed by atoms with Crippen LogP contribution in [0, 0.1) is 5.82 Å². The van der Waals surface area contributed by atoms with Crippen molar-refractivity contribution >= 4 is 17.6 Å². The first-order valence-electron chi connectivity index (χ1n) is 10.7. The number of esters is 1. The van der Waals surface area contributed by atoms with Gasteiger partial charge in [0.1, 0.15) is 18.2 Å². The van der Waals surface area contributed by atoms with Crippen molar-refractivity contribution in [2.24, 2.45) is 0 Å². The van der Waals surface area contributed by atoms with Crippen LogP contribution in [-0.4, -0.2) is 50.1 Å². The Morgan fingerprint density at radius 1 is 0.879 bits per heavy atom. The first-order chi connectivity index (χ1) is 16.0. The Morgan fingerprint density at radius 3 is 2.27 bits per heavy atom. The molecule has 33 heavy (non-hydrogen) atoms. The molecule has 1 fully saturated rings. The topological polar surface area (TPSA) is 59.1 Å². The Kier molecular flexibility index (Phi) is 6.88.